The van der Waals surface area contributed by atoms with Gasteiger partial charge in [0, 0.05) is 0 Å². The van der Waals surface area contributed by atoms with Crippen molar-refractivity contribution in [3.8, 4) is 0 Å². The van der Waals surface area contributed by atoms with Crippen LogP contribution in [0.5, 0.6) is 0 Å². The molecule has 29 heavy (non-hydrogen) atoms. The molecule has 0 bridgehead atoms. The molecule has 1 spiro atoms. The Morgan fingerprint density at radius 2 is 1.93 bits per heavy atom. The highest BCUT2D eigenvalue weighted by molar-refractivity contribution is 6.09. The van der Waals surface area contributed by atoms with E-state index in [1.54, 1.807) is 19.9 Å². The van der Waals surface area contributed by atoms with Gasteiger partial charge in [-0.1, -0.05) is 20.8 Å². The number of aryl methyl sites for hydroxylation is 2. The van der Waals surface area contributed by atoms with E-state index in [1.165, 1.54) is 0 Å². The molecule has 0 radical (unpaired) electrons. The Hall–Kier alpha value is -2.84. The van der Waals surface area contributed by atoms with Crippen molar-refractivity contribution in [2.24, 2.45) is 11.3 Å². The number of rotatable bonds is 3. The van der Waals surface area contributed by atoms with E-state index in [1.807, 2.05) is 0 Å². The second-order valence-electron chi connectivity index (χ2n) is 9.09. The number of hydrogen-bond donors (Lipinski definition) is 3. The Kier molecular flexibility index (Phi) is 5.19. The third kappa shape index (κ3) is 4.13. The lowest BCUT2D eigenvalue weighted by molar-refractivity contribution is -0.137. The summed E-state index contributed by atoms with van der Waals surface area (Å²) in [5, 5.41) is 2.82. The van der Waals surface area contributed by atoms with E-state index < -0.39 is 29.9 Å². The first-order valence-electron chi connectivity index (χ1n) is 9.73. The Bertz CT molecular complexity index is 874. The van der Waals surface area contributed by atoms with Crippen molar-refractivity contribution in [3.05, 3.63) is 23.2 Å². The highest BCUT2D eigenvalue weighted by atomic mass is 16.3. The normalized spacial score (nSPS) is 25.8. The first kappa shape index (κ1) is 20.9. The number of hydrazine groups is 1. The molecule has 9 nitrogen and oxygen atoms in total. The van der Waals surface area contributed by atoms with Crippen LogP contribution in [0.1, 0.15) is 61.9 Å². The summed E-state index contributed by atoms with van der Waals surface area (Å²) in [4.78, 5) is 50.8. The monoisotopic (exact) mass is 404 g/mol. The van der Waals surface area contributed by atoms with Crippen LogP contribution >= 0.6 is 0 Å². The molecule has 1 saturated carbocycles. The summed E-state index contributed by atoms with van der Waals surface area (Å²) in [6.07, 6.45) is 2.05. The molecule has 1 aromatic rings. The van der Waals surface area contributed by atoms with Crippen LogP contribution < -0.4 is 16.2 Å². The number of furan rings is 1. The lowest BCUT2D eigenvalue weighted by Gasteiger charge is -2.43. The maximum atomic E-state index is 13.0. The largest absolute Gasteiger partial charge is 0.466 e. The molecule has 1 aliphatic heterocycles. The van der Waals surface area contributed by atoms with Gasteiger partial charge in [0.1, 0.15) is 23.6 Å². The van der Waals surface area contributed by atoms with Crippen LogP contribution in [0.2, 0.25) is 0 Å². The fourth-order valence-electron chi connectivity index (χ4n) is 4.88. The second-order valence-corrected chi connectivity index (χ2v) is 9.09. The van der Waals surface area contributed by atoms with Crippen molar-refractivity contribution in [3.63, 3.8) is 0 Å². The van der Waals surface area contributed by atoms with E-state index in [4.69, 9.17) is 4.42 Å². The second kappa shape index (κ2) is 7.20. The summed E-state index contributed by atoms with van der Waals surface area (Å²) >= 11 is 0. The quantitative estimate of drug-likeness (QED) is 0.524. The number of hydrogen-bond acceptors (Lipinski definition) is 5. The molecule has 2 heterocycles. The summed E-state index contributed by atoms with van der Waals surface area (Å²) in [5.74, 6) is -0.306. The van der Waals surface area contributed by atoms with Gasteiger partial charge in [0.25, 0.3) is 17.7 Å². The molecular weight excluding hydrogens is 376 g/mol. The maximum absolute atomic E-state index is 13.0. The Morgan fingerprint density at radius 3 is 2.52 bits per heavy atom. The molecule has 2 aliphatic rings. The summed E-state index contributed by atoms with van der Waals surface area (Å²) in [6, 6.07) is 0.979. The van der Waals surface area contributed by atoms with E-state index in [0.29, 0.717) is 29.9 Å². The van der Waals surface area contributed by atoms with Crippen LogP contribution in [-0.4, -0.2) is 40.7 Å². The lowest BCUT2D eigenvalue weighted by Crippen LogP contribution is -2.54. The molecule has 1 aliphatic carbocycles. The average molecular weight is 404 g/mol. The predicted molar refractivity (Wildman–Crippen MR) is 104 cm³/mol. The first-order valence-corrected chi connectivity index (χ1v) is 9.73. The summed E-state index contributed by atoms with van der Waals surface area (Å²) < 4.78 is 5.29. The minimum absolute atomic E-state index is 0.0898. The standard InChI is InChI=1S/C20H28N4O5/c1-11-7-19(4,5)10-20(8-11)17(27)24(18(28)21-20)9-15(25)22-23-16(26)14-6-12(2)29-13(14)3/h6,11H,7-10H2,1-5H3,(H,21,28)(H,22,25)(H,23,26)/t11-,20+/m0/s1. The number of nitrogens with zero attached hydrogens (tertiary/aromatic N) is 1. The highest BCUT2D eigenvalue weighted by Gasteiger charge is 2.56. The van der Waals surface area contributed by atoms with Gasteiger partial charge in [-0.05, 0) is 50.5 Å². The van der Waals surface area contributed by atoms with Gasteiger partial charge in [0.15, 0.2) is 0 Å². The van der Waals surface area contributed by atoms with Crippen molar-refractivity contribution >= 4 is 23.8 Å². The molecule has 3 N–H and O–H groups in total. The minimum atomic E-state index is -0.965. The van der Waals surface area contributed by atoms with Gasteiger partial charge in [0.2, 0.25) is 0 Å². The Balaban J connectivity index is 1.62. The van der Waals surface area contributed by atoms with E-state index >= 15 is 0 Å². The zero-order chi connectivity index (χ0) is 21.6. The van der Waals surface area contributed by atoms with E-state index in [9.17, 15) is 19.2 Å². The van der Waals surface area contributed by atoms with Gasteiger partial charge in [-0.25, -0.2) is 4.79 Å². The first-order chi connectivity index (χ1) is 13.4. The Morgan fingerprint density at radius 1 is 1.24 bits per heavy atom. The van der Waals surface area contributed by atoms with Crippen molar-refractivity contribution < 1.29 is 23.6 Å². The topological polar surface area (TPSA) is 121 Å². The molecule has 1 saturated heterocycles. The van der Waals surface area contributed by atoms with Gasteiger partial charge in [-0.15, -0.1) is 0 Å². The molecule has 9 heteroatoms. The molecule has 5 amide bonds. The van der Waals surface area contributed by atoms with Gasteiger partial charge < -0.3 is 9.73 Å². The van der Waals surface area contributed by atoms with E-state index in [0.717, 1.165) is 11.3 Å². The van der Waals surface area contributed by atoms with Gasteiger partial charge in [-0.2, -0.15) is 0 Å². The Labute approximate surface area is 169 Å². The third-order valence-corrected chi connectivity index (χ3v) is 5.53. The van der Waals surface area contributed by atoms with Crippen molar-refractivity contribution in [1.82, 2.24) is 21.1 Å². The van der Waals surface area contributed by atoms with Crippen molar-refractivity contribution in [1.29, 1.82) is 0 Å². The van der Waals surface area contributed by atoms with Gasteiger partial charge >= 0.3 is 6.03 Å². The van der Waals surface area contributed by atoms with Crippen LogP contribution in [0.15, 0.2) is 10.5 Å². The average Bonchev–Trinajstić information content (AvgIpc) is 3.02. The fraction of sp³-hybridized carbons (Fsp3) is 0.600. The highest BCUT2D eigenvalue weighted by Crippen LogP contribution is 2.46. The number of carbonyl (C=O) groups is 4. The predicted octanol–water partition coefficient (Wildman–Crippen LogP) is 1.79. The van der Waals surface area contributed by atoms with Crippen molar-refractivity contribution in [2.45, 2.75) is 59.4 Å². The van der Waals surface area contributed by atoms with Crippen LogP contribution in [0.3, 0.4) is 0 Å². The SMILES string of the molecule is Cc1cc(C(=O)NNC(=O)CN2C(=O)N[C@@]3(C[C@@H](C)CC(C)(C)C3)C2=O)c(C)o1. The number of amides is 5. The number of nitrogens with one attached hydrogen (secondary N) is 3. The molecule has 3 rings (SSSR count). The molecular formula is C20H28N4O5. The third-order valence-electron chi connectivity index (χ3n) is 5.53. The van der Waals surface area contributed by atoms with Gasteiger partial charge in [-0.3, -0.25) is 30.1 Å². The maximum Gasteiger partial charge on any atom is 0.325 e. The summed E-state index contributed by atoms with van der Waals surface area (Å²) in [6.45, 7) is 9.10. The number of urea groups is 1. The number of imide groups is 1. The van der Waals surface area contributed by atoms with Crippen LogP contribution in [0, 0.1) is 25.2 Å². The van der Waals surface area contributed by atoms with Crippen molar-refractivity contribution in [2.75, 3.05) is 6.54 Å². The molecule has 2 fully saturated rings. The van der Waals surface area contributed by atoms with Gasteiger partial charge in [0.05, 0.1) is 5.56 Å². The molecule has 2 atom stereocenters. The number of carbonyl (C=O) groups excluding carboxylic acids is 4. The van der Waals surface area contributed by atoms with Crippen LogP contribution in [-0.2, 0) is 9.59 Å². The fourth-order valence-corrected chi connectivity index (χ4v) is 4.88. The van der Waals surface area contributed by atoms with Crippen LogP contribution in [0.4, 0.5) is 4.79 Å². The summed E-state index contributed by atoms with van der Waals surface area (Å²) in [5.41, 5.74) is 3.77. The zero-order valence-electron chi connectivity index (χ0n) is 17.5. The molecule has 158 valence electrons. The zero-order valence-corrected chi connectivity index (χ0v) is 17.5. The van der Waals surface area contributed by atoms with E-state index in [-0.39, 0.29) is 17.2 Å². The smallest absolute Gasteiger partial charge is 0.325 e. The van der Waals surface area contributed by atoms with E-state index in [2.05, 4.69) is 36.9 Å². The van der Waals surface area contributed by atoms with Crippen LogP contribution in [0.25, 0.3) is 0 Å². The molecule has 0 aromatic carbocycles. The molecule has 1 aromatic heterocycles. The lowest BCUT2D eigenvalue weighted by atomic mass is 9.64. The minimum Gasteiger partial charge on any atom is -0.466 e. The molecule has 0 unspecified atom stereocenters. The summed E-state index contributed by atoms with van der Waals surface area (Å²) in [7, 11) is 0.